The van der Waals surface area contributed by atoms with Gasteiger partial charge in [-0.3, -0.25) is 10.1 Å². The van der Waals surface area contributed by atoms with E-state index in [-0.39, 0.29) is 16.5 Å². The van der Waals surface area contributed by atoms with Gasteiger partial charge >= 0.3 is 5.69 Å². The number of nitro groups is 1. The van der Waals surface area contributed by atoms with Crippen molar-refractivity contribution in [1.82, 2.24) is 9.78 Å². The van der Waals surface area contributed by atoms with Gasteiger partial charge in [-0.15, -0.1) is 0 Å². The second kappa shape index (κ2) is 5.95. The maximum Gasteiger partial charge on any atom is 0.334 e. The molecule has 1 aromatic carbocycles. The summed E-state index contributed by atoms with van der Waals surface area (Å²) < 4.78 is 1.54. The number of aromatic nitrogens is 2. The fraction of sp³-hybridized carbons (Fsp3) is 0.400. The Kier molecular flexibility index (Phi) is 4.26. The Morgan fingerprint density at radius 2 is 1.95 bits per heavy atom. The second-order valence-corrected chi connectivity index (χ2v) is 5.46. The molecule has 2 aromatic rings. The van der Waals surface area contributed by atoms with Crippen molar-refractivity contribution in [2.75, 3.05) is 5.32 Å². The van der Waals surface area contributed by atoms with Crippen LogP contribution in [0.3, 0.4) is 0 Å². The Bertz CT molecular complexity index is 644. The largest absolute Gasteiger partial charge is 0.360 e. The summed E-state index contributed by atoms with van der Waals surface area (Å²) >= 11 is 0. The van der Waals surface area contributed by atoms with Crippen LogP contribution in [0.5, 0.6) is 0 Å². The van der Waals surface area contributed by atoms with Gasteiger partial charge in [0.15, 0.2) is 0 Å². The third-order valence-electron chi connectivity index (χ3n) is 3.36. The minimum Gasteiger partial charge on any atom is -0.360 e. The quantitative estimate of drug-likeness (QED) is 0.676. The third kappa shape index (κ3) is 3.21. The van der Waals surface area contributed by atoms with Gasteiger partial charge < -0.3 is 5.32 Å². The second-order valence-electron chi connectivity index (χ2n) is 5.46. The molecule has 0 aliphatic heterocycles. The molecule has 0 saturated carbocycles. The molecule has 6 nitrogen and oxygen atoms in total. The lowest BCUT2D eigenvalue weighted by atomic mass is 10.1. The normalized spacial score (nSPS) is 10.9. The van der Waals surface area contributed by atoms with Crippen LogP contribution in [0, 0.1) is 17.0 Å². The molecule has 0 radical (unpaired) electrons. The van der Waals surface area contributed by atoms with E-state index in [0.29, 0.717) is 18.1 Å². The molecule has 1 N–H and O–H groups in total. The lowest BCUT2D eigenvalue weighted by molar-refractivity contribution is -0.384. The van der Waals surface area contributed by atoms with Gasteiger partial charge in [-0.1, -0.05) is 43.7 Å². The van der Waals surface area contributed by atoms with E-state index in [1.165, 1.54) is 5.56 Å². The van der Waals surface area contributed by atoms with Crippen LogP contribution in [0.2, 0.25) is 0 Å². The van der Waals surface area contributed by atoms with Crippen molar-refractivity contribution < 1.29 is 4.92 Å². The SMILES string of the molecule is Cc1ccc(CNc2c([N+](=O)[O-])c(C(C)C)nn2C)cc1. The molecule has 0 aliphatic rings. The average molecular weight is 288 g/mol. The number of hydrogen-bond acceptors (Lipinski definition) is 4. The molecule has 21 heavy (non-hydrogen) atoms. The van der Waals surface area contributed by atoms with Gasteiger partial charge in [-0.25, -0.2) is 4.68 Å². The van der Waals surface area contributed by atoms with E-state index in [0.717, 1.165) is 5.56 Å². The van der Waals surface area contributed by atoms with Crippen molar-refractivity contribution >= 4 is 11.5 Å². The number of hydrogen-bond donors (Lipinski definition) is 1. The van der Waals surface area contributed by atoms with E-state index < -0.39 is 0 Å². The van der Waals surface area contributed by atoms with Crippen molar-refractivity contribution in [2.45, 2.75) is 33.2 Å². The van der Waals surface area contributed by atoms with Gasteiger partial charge in [0.05, 0.1) is 4.92 Å². The lowest BCUT2D eigenvalue weighted by Crippen LogP contribution is -2.06. The van der Waals surface area contributed by atoms with Crippen molar-refractivity contribution in [1.29, 1.82) is 0 Å². The molecule has 0 atom stereocenters. The smallest absolute Gasteiger partial charge is 0.334 e. The van der Waals surface area contributed by atoms with Gasteiger partial charge in [-0.2, -0.15) is 5.10 Å². The van der Waals surface area contributed by atoms with E-state index in [1.54, 1.807) is 11.7 Å². The Labute approximate surface area is 123 Å². The van der Waals surface area contributed by atoms with E-state index in [4.69, 9.17) is 0 Å². The molecule has 6 heteroatoms. The van der Waals surface area contributed by atoms with Crippen molar-refractivity contribution in [3.05, 3.63) is 51.2 Å². The van der Waals surface area contributed by atoms with Gasteiger partial charge in [0.2, 0.25) is 5.82 Å². The van der Waals surface area contributed by atoms with Crippen LogP contribution in [0.15, 0.2) is 24.3 Å². The number of rotatable bonds is 5. The molecule has 1 aromatic heterocycles. The van der Waals surface area contributed by atoms with Crippen LogP contribution in [-0.2, 0) is 13.6 Å². The molecule has 112 valence electrons. The zero-order valence-corrected chi connectivity index (χ0v) is 12.8. The minimum atomic E-state index is -0.361. The van der Waals surface area contributed by atoms with E-state index >= 15 is 0 Å². The molecule has 0 aliphatic carbocycles. The van der Waals surface area contributed by atoms with Gasteiger partial charge in [0.25, 0.3) is 0 Å². The molecule has 0 fully saturated rings. The van der Waals surface area contributed by atoms with Gasteiger partial charge in [0.1, 0.15) is 5.69 Å². The summed E-state index contributed by atoms with van der Waals surface area (Å²) in [7, 11) is 1.72. The number of aryl methyl sites for hydroxylation is 2. The van der Waals surface area contributed by atoms with Crippen molar-refractivity contribution in [3.63, 3.8) is 0 Å². The lowest BCUT2D eigenvalue weighted by Gasteiger charge is -2.06. The minimum absolute atomic E-state index is 0.00604. The molecule has 0 amide bonds. The number of benzene rings is 1. The molecule has 1 heterocycles. The Morgan fingerprint density at radius 1 is 1.33 bits per heavy atom. The first-order valence-corrected chi connectivity index (χ1v) is 6.91. The third-order valence-corrected chi connectivity index (χ3v) is 3.36. The number of nitrogens with one attached hydrogen (secondary N) is 1. The highest BCUT2D eigenvalue weighted by molar-refractivity contribution is 5.60. The Hall–Kier alpha value is -2.37. The van der Waals surface area contributed by atoms with Crippen LogP contribution in [0.1, 0.15) is 36.6 Å². The number of anilines is 1. The van der Waals surface area contributed by atoms with Crippen LogP contribution < -0.4 is 5.32 Å². The molecule has 0 bridgehead atoms. The summed E-state index contributed by atoms with van der Waals surface area (Å²) in [6.07, 6.45) is 0. The summed E-state index contributed by atoms with van der Waals surface area (Å²) in [5.74, 6) is 0.454. The van der Waals surface area contributed by atoms with Crippen LogP contribution in [0.25, 0.3) is 0 Å². The van der Waals surface area contributed by atoms with Crippen molar-refractivity contribution in [2.24, 2.45) is 7.05 Å². The van der Waals surface area contributed by atoms with Crippen LogP contribution in [0.4, 0.5) is 11.5 Å². The summed E-state index contributed by atoms with van der Waals surface area (Å²) in [4.78, 5) is 11.0. The first kappa shape index (κ1) is 15.0. The zero-order valence-electron chi connectivity index (χ0n) is 12.8. The van der Waals surface area contributed by atoms with Crippen LogP contribution >= 0.6 is 0 Å². The standard InChI is InChI=1S/C15H20N4O2/c1-10(2)13-14(19(20)21)15(18(4)17-13)16-9-12-7-5-11(3)6-8-12/h5-8,10,16H,9H2,1-4H3. The predicted octanol–water partition coefficient (Wildman–Crippen LogP) is 3.37. The molecule has 0 spiro atoms. The maximum atomic E-state index is 11.3. The van der Waals surface area contributed by atoms with Crippen LogP contribution in [-0.4, -0.2) is 14.7 Å². The van der Waals surface area contributed by atoms with E-state index in [2.05, 4.69) is 10.4 Å². The topological polar surface area (TPSA) is 73.0 Å². The fourth-order valence-corrected chi connectivity index (χ4v) is 2.19. The maximum absolute atomic E-state index is 11.3. The van der Waals surface area contributed by atoms with Crippen molar-refractivity contribution in [3.8, 4) is 0 Å². The summed E-state index contributed by atoms with van der Waals surface area (Å²) in [6, 6.07) is 8.06. The predicted molar refractivity (Wildman–Crippen MR) is 82.5 cm³/mol. The summed E-state index contributed by atoms with van der Waals surface area (Å²) in [5.41, 5.74) is 2.84. The summed E-state index contributed by atoms with van der Waals surface area (Å²) in [5, 5.41) is 18.7. The van der Waals surface area contributed by atoms with E-state index in [1.807, 2.05) is 45.0 Å². The highest BCUT2D eigenvalue weighted by Gasteiger charge is 2.28. The Morgan fingerprint density at radius 3 is 2.48 bits per heavy atom. The first-order valence-electron chi connectivity index (χ1n) is 6.91. The number of nitrogens with zero attached hydrogens (tertiary/aromatic N) is 3. The highest BCUT2D eigenvalue weighted by atomic mass is 16.6. The molecule has 0 saturated heterocycles. The van der Waals surface area contributed by atoms with Gasteiger partial charge in [0, 0.05) is 19.5 Å². The first-order chi connectivity index (χ1) is 9.90. The Balaban J connectivity index is 2.27. The summed E-state index contributed by atoms with van der Waals surface area (Å²) in [6.45, 7) is 6.36. The fourth-order valence-electron chi connectivity index (χ4n) is 2.19. The molecular formula is C15H20N4O2. The van der Waals surface area contributed by atoms with E-state index in [9.17, 15) is 10.1 Å². The van der Waals surface area contributed by atoms with Gasteiger partial charge in [-0.05, 0) is 12.5 Å². The monoisotopic (exact) mass is 288 g/mol. The molecular weight excluding hydrogens is 268 g/mol. The molecule has 2 rings (SSSR count). The zero-order chi connectivity index (χ0) is 15.6. The average Bonchev–Trinajstić information content (AvgIpc) is 2.75. The highest BCUT2D eigenvalue weighted by Crippen LogP contribution is 2.32. The molecule has 0 unspecified atom stereocenters.